The molecule has 0 bridgehead atoms. The van der Waals surface area contributed by atoms with Crippen LogP contribution >= 0.6 is 11.3 Å². The summed E-state index contributed by atoms with van der Waals surface area (Å²) in [5, 5.41) is 1.05. The van der Waals surface area contributed by atoms with Crippen LogP contribution in [-0.4, -0.2) is 17.0 Å². The maximum absolute atomic E-state index is 4.67. The summed E-state index contributed by atoms with van der Waals surface area (Å²) in [7, 11) is 2.07. The van der Waals surface area contributed by atoms with Crippen molar-refractivity contribution in [3.8, 4) is 0 Å². The molecule has 28 heavy (non-hydrogen) atoms. The number of nitrogens with zero attached hydrogens (tertiary/aromatic N) is 3. The van der Waals surface area contributed by atoms with Crippen molar-refractivity contribution in [1.29, 1.82) is 0 Å². The van der Waals surface area contributed by atoms with Gasteiger partial charge in [0.1, 0.15) is 0 Å². The van der Waals surface area contributed by atoms with E-state index < -0.39 is 0 Å². The highest BCUT2D eigenvalue weighted by Crippen LogP contribution is 2.29. The Kier molecular flexibility index (Phi) is 9.15. The lowest BCUT2D eigenvalue weighted by molar-refractivity contribution is 0.577. The van der Waals surface area contributed by atoms with Gasteiger partial charge in [0.05, 0.1) is 10.2 Å². The zero-order chi connectivity index (χ0) is 20.4. The zero-order valence-corrected chi connectivity index (χ0v) is 18.5. The molecule has 0 saturated heterocycles. The van der Waals surface area contributed by atoms with Gasteiger partial charge in [-0.3, -0.25) is 4.98 Å². The third-order valence-electron chi connectivity index (χ3n) is 4.67. The van der Waals surface area contributed by atoms with Gasteiger partial charge in [-0.25, -0.2) is 4.98 Å². The molecule has 1 aromatic carbocycles. The number of aromatic nitrogens is 2. The van der Waals surface area contributed by atoms with E-state index in [1.54, 1.807) is 17.5 Å². The molecular weight excluding hydrogens is 362 g/mol. The Hall–Kier alpha value is -2.20. The number of pyridine rings is 1. The van der Waals surface area contributed by atoms with E-state index in [2.05, 4.69) is 73.5 Å². The highest BCUT2D eigenvalue weighted by Gasteiger charge is 2.09. The molecule has 0 spiro atoms. The SMILES string of the molecule is C=CC(C)CCCCC.Cc1ccc2nc(N(C)Cc3cccnc3)sc2c1. The van der Waals surface area contributed by atoms with E-state index in [4.69, 9.17) is 0 Å². The Morgan fingerprint density at radius 3 is 2.75 bits per heavy atom. The first-order chi connectivity index (χ1) is 13.5. The number of thiazole rings is 1. The number of fused-ring (bicyclic) bond motifs is 1. The van der Waals surface area contributed by atoms with E-state index >= 15 is 0 Å². The van der Waals surface area contributed by atoms with Crippen LogP contribution in [0.1, 0.15) is 50.7 Å². The number of anilines is 1. The summed E-state index contributed by atoms with van der Waals surface area (Å²) in [5.41, 5.74) is 3.54. The topological polar surface area (TPSA) is 29.0 Å². The minimum absolute atomic E-state index is 0.719. The second kappa shape index (κ2) is 11.6. The zero-order valence-electron chi connectivity index (χ0n) is 17.7. The van der Waals surface area contributed by atoms with Crippen LogP contribution in [0, 0.1) is 12.8 Å². The molecule has 0 saturated carbocycles. The summed E-state index contributed by atoms with van der Waals surface area (Å²) in [6.45, 7) is 11.1. The minimum atomic E-state index is 0.719. The van der Waals surface area contributed by atoms with Crippen LogP contribution < -0.4 is 4.90 Å². The van der Waals surface area contributed by atoms with Gasteiger partial charge in [-0.15, -0.1) is 6.58 Å². The molecule has 3 aromatic rings. The third kappa shape index (κ3) is 7.08. The molecule has 2 heterocycles. The van der Waals surface area contributed by atoms with Crippen molar-refractivity contribution in [2.75, 3.05) is 11.9 Å². The predicted molar refractivity (Wildman–Crippen MR) is 124 cm³/mol. The number of rotatable bonds is 8. The van der Waals surface area contributed by atoms with Gasteiger partial charge in [0, 0.05) is 26.0 Å². The van der Waals surface area contributed by atoms with Crippen LogP contribution in [0.15, 0.2) is 55.4 Å². The fourth-order valence-electron chi connectivity index (χ4n) is 2.85. The number of benzene rings is 1. The molecule has 0 aliphatic carbocycles. The molecule has 0 fully saturated rings. The minimum Gasteiger partial charge on any atom is -0.347 e. The predicted octanol–water partition coefficient (Wildman–Crippen LogP) is 7.02. The van der Waals surface area contributed by atoms with Crippen LogP contribution in [0.5, 0.6) is 0 Å². The number of hydrogen-bond donors (Lipinski definition) is 0. The number of hydrogen-bond acceptors (Lipinski definition) is 4. The standard InChI is InChI=1S/C15H15N3S.C9H18/c1-11-5-6-13-14(8-11)19-15(17-13)18(2)10-12-4-3-7-16-9-12;1-4-6-7-8-9(3)5-2/h3-9H,10H2,1-2H3;5,9H,2,4,6-8H2,1,3H3. The summed E-state index contributed by atoms with van der Waals surface area (Å²) in [6, 6.07) is 10.4. The Bertz CT molecular complexity index is 841. The van der Waals surface area contributed by atoms with Crippen molar-refractivity contribution in [2.45, 2.75) is 53.0 Å². The third-order valence-corrected chi connectivity index (χ3v) is 5.80. The Balaban J connectivity index is 0.000000266. The molecule has 0 amide bonds. The van der Waals surface area contributed by atoms with E-state index in [0.717, 1.165) is 23.1 Å². The van der Waals surface area contributed by atoms with Crippen LogP contribution in [0.3, 0.4) is 0 Å². The molecule has 2 aromatic heterocycles. The molecule has 0 aliphatic rings. The molecule has 0 radical (unpaired) electrons. The van der Waals surface area contributed by atoms with E-state index in [-0.39, 0.29) is 0 Å². The monoisotopic (exact) mass is 395 g/mol. The molecule has 150 valence electrons. The number of unbranched alkanes of at least 4 members (excludes halogenated alkanes) is 2. The lowest BCUT2D eigenvalue weighted by Gasteiger charge is -2.14. The van der Waals surface area contributed by atoms with E-state index in [0.29, 0.717) is 0 Å². The quantitative estimate of drug-likeness (QED) is 0.303. The van der Waals surface area contributed by atoms with Crippen molar-refractivity contribution in [1.82, 2.24) is 9.97 Å². The molecule has 3 rings (SSSR count). The highest BCUT2D eigenvalue weighted by molar-refractivity contribution is 7.22. The number of allylic oxidation sites excluding steroid dienone is 1. The van der Waals surface area contributed by atoms with E-state index in [1.165, 1.54) is 41.5 Å². The summed E-state index contributed by atoms with van der Waals surface area (Å²) >= 11 is 1.73. The first kappa shape index (κ1) is 22.1. The summed E-state index contributed by atoms with van der Waals surface area (Å²) < 4.78 is 1.24. The lowest BCUT2D eigenvalue weighted by atomic mass is 10.0. The van der Waals surface area contributed by atoms with Gasteiger partial charge in [-0.2, -0.15) is 0 Å². The first-order valence-electron chi connectivity index (χ1n) is 10.1. The van der Waals surface area contributed by atoms with Gasteiger partial charge >= 0.3 is 0 Å². The van der Waals surface area contributed by atoms with Gasteiger partial charge < -0.3 is 4.90 Å². The summed E-state index contributed by atoms with van der Waals surface area (Å²) in [6.07, 6.45) is 11.1. The Labute approximate surface area is 174 Å². The average Bonchev–Trinajstić information content (AvgIpc) is 3.12. The van der Waals surface area contributed by atoms with Crippen LogP contribution in [0.2, 0.25) is 0 Å². The van der Waals surface area contributed by atoms with E-state index in [1.807, 2.05) is 18.3 Å². The Morgan fingerprint density at radius 2 is 2.07 bits per heavy atom. The second-order valence-corrected chi connectivity index (χ2v) is 8.40. The molecule has 3 nitrogen and oxygen atoms in total. The van der Waals surface area contributed by atoms with Crippen molar-refractivity contribution < 1.29 is 0 Å². The van der Waals surface area contributed by atoms with Crippen LogP contribution in [0.4, 0.5) is 5.13 Å². The van der Waals surface area contributed by atoms with Gasteiger partial charge in [0.2, 0.25) is 0 Å². The van der Waals surface area contributed by atoms with Gasteiger partial charge in [-0.1, -0.05) is 62.7 Å². The fourth-order valence-corrected chi connectivity index (χ4v) is 3.87. The average molecular weight is 396 g/mol. The number of aryl methyl sites for hydroxylation is 1. The second-order valence-electron chi connectivity index (χ2n) is 7.39. The highest BCUT2D eigenvalue weighted by atomic mass is 32.1. The Morgan fingerprint density at radius 1 is 1.25 bits per heavy atom. The van der Waals surface area contributed by atoms with Crippen molar-refractivity contribution in [3.05, 3.63) is 66.5 Å². The van der Waals surface area contributed by atoms with Crippen molar-refractivity contribution in [3.63, 3.8) is 0 Å². The summed E-state index contributed by atoms with van der Waals surface area (Å²) in [5.74, 6) is 0.719. The smallest absolute Gasteiger partial charge is 0.186 e. The van der Waals surface area contributed by atoms with Gasteiger partial charge in [-0.05, 0) is 48.6 Å². The largest absolute Gasteiger partial charge is 0.347 e. The normalized spacial score (nSPS) is 11.6. The molecule has 0 aliphatic heterocycles. The molecular formula is C24H33N3S. The summed E-state index contributed by atoms with van der Waals surface area (Å²) in [4.78, 5) is 11.0. The molecule has 1 unspecified atom stereocenters. The van der Waals surface area contributed by atoms with Crippen molar-refractivity contribution in [2.24, 2.45) is 5.92 Å². The molecule has 4 heteroatoms. The lowest BCUT2D eigenvalue weighted by Crippen LogP contribution is -2.15. The first-order valence-corrected chi connectivity index (χ1v) is 10.9. The maximum Gasteiger partial charge on any atom is 0.186 e. The van der Waals surface area contributed by atoms with E-state index in [9.17, 15) is 0 Å². The fraction of sp³-hybridized carbons (Fsp3) is 0.417. The molecule has 0 N–H and O–H groups in total. The van der Waals surface area contributed by atoms with Crippen LogP contribution in [-0.2, 0) is 6.54 Å². The van der Waals surface area contributed by atoms with Gasteiger partial charge in [0.15, 0.2) is 5.13 Å². The molecule has 1 atom stereocenters. The van der Waals surface area contributed by atoms with Crippen molar-refractivity contribution >= 4 is 26.7 Å². The van der Waals surface area contributed by atoms with Gasteiger partial charge in [0.25, 0.3) is 0 Å². The maximum atomic E-state index is 4.67. The van der Waals surface area contributed by atoms with Crippen LogP contribution in [0.25, 0.3) is 10.2 Å².